The number of nitrogens with zero attached hydrogens (tertiary/aromatic N) is 3. The van der Waals surface area contributed by atoms with Crippen molar-refractivity contribution in [2.75, 3.05) is 17.2 Å². The van der Waals surface area contributed by atoms with Gasteiger partial charge in [0.1, 0.15) is 0 Å². The summed E-state index contributed by atoms with van der Waals surface area (Å²) in [5.41, 5.74) is 0. The maximum absolute atomic E-state index is 6.02. The lowest BCUT2D eigenvalue weighted by atomic mass is 9.96. The zero-order chi connectivity index (χ0) is 16.3. The summed E-state index contributed by atoms with van der Waals surface area (Å²) in [4.78, 5) is 12.8. The van der Waals surface area contributed by atoms with Crippen molar-refractivity contribution < 1.29 is 0 Å². The standard InChI is InChI=1S/C17H30ClN5/c1-2-3-4-5-6-10-13-19-16-21-15(18)22-17(23-16)20-14-11-8-7-9-12-14/h14H,2-13H2,1H3,(H2,19,20,21,22,23). The highest BCUT2D eigenvalue weighted by Gasteiger charge is 2.15. The quantitative estimate of drug-likeness (QED) is 0.584. The predicted octanol–water partition coefficient (Wildman–Crippen LogP) is 5.04. The van der Waals surface area contributed by atoms with Crippen molar-refractivity contribution >= 4 is 23.5 Å². The maximum Gasteiger partial charge on any atom is 0.229 e. The Kier molecular flexibility index (Phi) is 8.43. The number of hydrogen-bond acceptors (Lipinski definition) is 5. The van der Waals surface area contributed by atoms with Gasteiger partial charge in [-0.3, -0.25) is 0 Å². The van der Waals surface area contributed by atoms with Crippen molar-refractivity contribution in [2.24, 2.45) is 0 Å². The molecule has 6 heteroatoms. The molecular weight excluding hydrogens is 310 g/mol. The van der Waals surface area contributed by atoms with E-state index < -0.39 is 0 Å². The lowest BCUT2D eigenvalue weighted by Crippen LogP contribution is -2.24. The van der Waals surface area contributed by atoms with Crippen LogP contribution >= 0.6 is 11.6 Å². The molecule has 1 aromatic heterocycles. The molecule has 0 atom stereocenters. The first kappa shape index (κ1) is 18.2. The lowest BCUT2D eigenvalue weighted by molar-refractivity contribution is 0.460. The van der Waals surface area contributed by atoms with Crippen LogP contribution in [0.5, 0.6) is 0 Å². The van der Waals surface area contributed by atoms with E-state index in [4.69, 9.17) is 11.6 Å². The minimum atomic E-state index is 0.253. The average Bonchev–Trinajstić information content (AvgIpc) is 2.54. The van der Waals surface area contributed by atoms with E-state index in [-0.39, 0.29) is 5.28 Å². The molecule has 23 heavy (non-hydrogen) atoms. The summed E-state index contributed by atoms with van der Waals surface area (Å²) in [6, 6.07) is 0.466. The van der Waals surface area contributed by atoms with Gasteiger partial charge in [-0.15, -0.1) is 0 Å². The van der Waals surface area contributed by atoms with Crippen LogP contribution in [0, 0.1) is 0 Å². The summed E-state index contributed by atoms with van der Waals surface area (Å²) in [6.45, 7) is 3.13. The molecule has 130 valence electrons. The second-order valence-corrected chi connectivity index (χ2v) is 6.76. The molecule has 0 aromatic carbocycles. The van der Waals surface area contributed by atoms with Gasteiger partial charge >= 0.3 is 0 Å². The van der Waals surface area contributed by atoms with E-state index in [0.717, 1.165) is 13.0 Å². The minimum absolute atomic E-state index is 0.253. The van der Waals surface area contributed by atoms with Crippen molar-refractivity contribution in [3.63, 3.8) is 0 Å². The van der Waals surface area contributed by atoms with Gasteiger partial charge in [-0.2, -0.15) is 15.0 Å². The molecule has 0 bridgehead atoms. The van der Waals surface area contributed by atoms with E-state index in [1.807, 2.05) is 0 Å². The van der Waals surface area contributed by atoms with Gasteiger partial charge in [-0.1, -0.05) is 58.3 Å². The Hall–Kier alpha value is -1.10. The van der Waals surface area contributed by atoms with E-state index in [1.54, 1.807) is 0 Å². The van der Waals surface area contributed by atoms with E-state index in [1.165, 1.54) is 64.2 Å². The molecule has 0 spiro atoms. The van der Waals surface area contributed by atoms with Gasteiger partial charge in [-0.05, 0) is 30.9 Å². The van der Waals surface area contributed by atoms with Crippen LogP contribution < -0.4 is 10.6 Å². The summed E-state index contributed by atoms with van der Waals surface area (Å²) < 4.78 is 0. The van der Waals surface area contributed by atoms with Crippen molar-refractivity contribution in [3.05, 3.63) is 5.28 Å². The molecule has 0 radical (unpaired) electrons. The first-order valence-electron chi connectivity index (χ1n) is 9.20. The highest BCUT2D eigenvalue weighted by molar-refractivity contribution is 6.28. The SMILES string of the molecule is CCCCCCCCNc1nc(Cl)nc(NC2CCCCC2)n1. The molecule has 0 aliphatic heterocycles. The van der Waals surface area contributed by atoms with Gasteiger partial charge in [0.05, 0.1) is 0 Å². The smallest absolute Gasteiger partial charge is 0.229 e. The van der Waals surface area contributed by atoms with Crippen LogP contribution in [0.25, 0.3) is 0 Å². The Bertz CT molecular complexity index is 449. The molecule has 1 saturated carbocycles. The van der Waals surface area contributed by atoms with Gasteiger partial charge in [0.15, 0.2) is 0 Å². The summed E-state index contributed by atoms with van der Waals surface area (Å²) in [5, 5.41) is 6.92. The lowest BCUT2D eigenvalue weighted by Gasteiger charge is -2.22. The first-order valence-corrected chi connectivity index (χ1v) is 9.57. The predicted molar refractivity (Wildman–Crippen MR) is 97.2 cm³/mol. The molecule has 5 nitrogen and oxygen atoms in total. The fourth-order valence-corrected chi connectivity index (χ4v) is 3.19. The van der Waals surface area contributed by atoms with Gasteiger partial charge in [0.25, 0.3) is 0 Å². The number of nitrogens with one attached hydrogen (secondary N) is 2. The van der Waals surface area contributed by atoms with E-state index in [2.05, 4.69) is 32.5 Å². The molecule has 1 aliphatic rings. The Balaban J connectivity index is 1.73. The van der Waals surface area contributed by atoms with Crippen LogP contribution in [0.3, 0.4) is 0 Å². The van der Waals surface area contributed by atoms with Crippen LogP contribution in [-0.2, 0) is 0 Å². The summed E-state index contributed by atoms with van der Waals surface area (Å²) in [6.07, 6.45) is 13.9. The third kappa shape index (κ3) is 7.34. The van der Waals surface area contributed by atoms with E-state index >= 15 is 0 Å². The Morgan fingerprint density at radius 3 is 2.39 bits per heavy atom. The van der Waals surface area contributed by atoms with Gasteiger partial charge in [0.2, 0.25) is 17.2 Å². The number of aromatic nitrogens is 3. The van der Waals surface area contributed by atoms with Gasteiger partial charge in [-0.25, -0.2) is 0 Å². The van der Waals surface area contributed by atoms with Crippen LogP contribution in [-0.4, -0.2) is 27.5 Å². The molecular formula is C17H30ClN5. The van der Waals surface area contributed by atoms with Crippen LogP contribution in [0.1, 0.15) is 77.6 Å². The van der Waals surface area contributed by atoms with Crippen molar-refractivity contribution in [1.82, 2.24) is 15.0 Å². The van der Waals surface area contributed by atoms with Gasteiger partial charge < -0.3 is 10.6 Å². The molecule has 1 fully saturated rings. The maximum atomic E-state index is 6.02. The molecule has 1 heterocycles. The third-order valence-electron chi connectivity index (χ3n) is 4.36. The fourth-order valence-electron chi connectivity index (χ4n) is 3.03. The second-order valence-electron chi connectivity index (χ2n) is 6.43. The number of hydrogen-bond donors (Lipinski definition) is 2. The Morgan fingerprint density at radius 2 is 1.61 bits per heavy atom. The van der Waals surface area contributed by atoms with Crippen LogP contribution in [0.15, 0.2) is 0 Å². The zero-order valence-corrected chi connectivity index (χ0v) is 15.0. The molecule has 2 N–H and O–H groups in total. The largest absolute Gasteiger partial charge is 0.354 e. The average molecular weight is 340 g/mol. The fraction of sp³-hybridized carbons (Fsp3) is 0.824. The normalized spacial score (nSPS) is 15.6. The summed E-state index contributed by atoms with van der Waals surface area (Å²) >= 11 is 6.02. The highest BCUT2D eigenvalue weighted by Crippen LogP contribution is 2.21. The number of rotatable bonds is 10. The van der Waals surface area contributed by atoms with Gasteiger partial charge in [0, 0.05) is 12.6 Å². The first-order chi connectivity index (χ1) is 11.3. The number of anilines is 2. The van der Waals surface area contributed by atoms with Crippen molar-refractivity contribution in [1.29, 1.82) is 0 Å². The summed E-state index contributed by atoms with van der Waals surface area (Å²) in [7, 11) is 0. The monoisotopic (exact) mass is 339 g/mol. The molecule has 0 amide bonds. The molecule has 1 aliphatic carbocycles. The Morgan fingerprint density at radius 1 is 0.913 bits per heavy atom. The van der Waals surface area contributed by atoms with Crippen molar-refractivity contribution in [3.8, 4) is 0 Å². The summed E-state index contributed by atoms with van der Waals surface area (Å²) in [5.74, 6) is 1.18. The minimum Gasteiger partial charge on any atom is -0.354 e. The van der Waals surface area contributed by atoms with Crippen LogP contribution in [0.2, 0.25) is 5.28 Å². The molecule has 0 unspecified atom stereocenters. The van der Waals surface area contributed by atoms with Crippen molar-refractivity contribution in [2.45, 2.75) is 83.6 Å². The number of halogens is 1. The topological polar surface area (TPSA) is 62.7 Å². The second kappa shape index (κ2) is 10.6. The molecule has 2 rings (SSSR count). The molecule has 0 saturated heterocycles. The molecule has 1 aromatic rings. The zero-order valence-electron chi connectivity index (χ0n) is 14.3. The third-order valence-corrected chi connectivity index (χ3v) is 4.53. The Labute approximate surface area is 145 Å². The highest BCUT2D eigenvalue weighted by atomic mass is 35.5. The van der Waals surface area contributed by atoms with Crippen LogP contribution in [0.4, 0.5) is 11.9 Å². The number of unbranched alkanes of at least 4 members (excludes halogenated alkanes) is 5. The van der Waals surface area contributed by atoms with E-state index in [0.29, 0.717) is 17.9 Å². The van der Waals surface area contributed by atoms with E-state index in [9.17, 15) is 0 Å².